The second-order valence-corrected chi connectivity index (χ2v) is 8.32. The summed E-state index contributed by atoms with van der Waals surface area (Å²) in [5, 5.41) is 8.31. The summed E-state index contributed by atoms with van der Waals surface area (Å²) < 4.78 is 4.10. The Morgan fingerprint density at radius 1 is 1.00 bits per heavy atom. The van der Waals surface area contributed by atoms with E-state index in [1.807, 2.05) is 13.8 Å². The zero-order valence-electron chi connectivity index (χ0n) is 16.2. The number of halogens is 3. The monoisotopic (exact) mass is 434 g/mol. The van der Waals surface area contributed by atoms with Crippen LogP contribution in [0.5, 0.6) is 0 Å². The first-order chi connectivity index (χ1) is 13.4. The number of rotatable bonds is 4. The fraction of sp³-hybridized carbons (Fsp3) is 0.333. The average molecular weight is 436 g/mol. The van der Waals surface area contributed by atoms with E-state index in [-0.39, 0.29) is 0 Å². The summed E-state index contributed by atoms with van der Waals surface area (Å²) in [6.07, 6.45) is 4.28. The summed E-state index contributed by atoms with van der Waals surface area (Å²) >= 11 is 19.1. The lowest BCUT2D eigenvalue weighted by molar-refractivity contribution is 0.486. The van der Waals surface area contributed by atoms with E-state index in [9.17, 15) is 0 Å². The van der Waals surface area contributed by atoms with Crippen LogP contribution in [0.15, 0.2) is 24.4 Å². The van der Waals surface area contributed by atoms with Crippen molar-refractivity contribution >= 4 is 56.7 Å². The van der Waals surface area contributed by atoms with Crippen molar-refractivity contribution in [3.05, 3.63) is 50.9 Å². The van der Waals surface area contributed by atoms with Crippen LogP contribution in [0.3, 0.4) is 0 Å². The maximum absolute atomic E-state index is 6.48. The molecule has 146 valence electrons. The molecule has 0 bridgehead atoms. The molecule has 0 aliphatic heterocycles. The van der Waals surface area contributed by atoms with E-state index in [1.165, 1.54) is 5.52 Å². The molecule has 0 fully saturated rings. The summed E-state index contributed by atoms with van der Waals surface area (Å²) in [7, 11) is 0. The highest BCUT2D eigenvalue weighted by Crippen LogP contribution is 2.37. The van der Waals surface area contributed by atoms with Crippen LogP contribution >= 0.6 is 34.8 Å². The van der Waals surface area contributed by atoms with Gasteiger partial charge < -0.3 is 4.57 Å². The van der Waals surface area contributed by atoms with Crippen LogP contribution in [0.1, 0.15) is 44.1 Å². The molecule has 0 aliphatic rings. The Morgan fingerprint density at radius 3 is 2.25 bits per heavy atom. The molecule has 0 aliphatic carbocycles. The van der Waals surface area contributed by atoms with Gasteiger partial charge in [0, 0.05) is 28.3 Å². The molecular formula is C21H21Cl3N4. The second-order valence-electron chi connectivity index (χ2n) is 7.07. The Kier molecular flexibility index (Phi) is 5.07. The van der Waals surface area contributed by atoms with E-state index in [0.717, 1.165) is 40.6 Å². The first kappa shape index (κ1) is 19.6. The zero-order valence-corrected chi connectivity index (χ0v) is 18.5. The fourth-order valence-electron chi connectivity index (χ4n) is 4.00. The van der Waals surface area contributed by atoms with E-state index in [1.54, 1.807) is 16.8 Å². The third kappa shape index (κ3) is 2.90. The van der Waals surface area contributed by atoms with Gasteiger partial charge in [0.05, 0.1) is 26.6 Å². The van der Waals surface area contributed by atoms with Crippen molar-refractivity contribution in [2.45, 2.75) is 46.6 Å². The molecular weight excluding hydrogens is 415 g/mol. The maximum Gasteiger partial charge on any atom is 0.165 e. The molecule has 0 amide bonds. The quantitative estimate of drug-likeness (QED) is 0.337. The summed E-state index contributed by atoms with van der Waals surface area (Å²) in [5.74, 6) is 0. The molecule has 3 aromatic heterocycles. The average Bonchev–Trinajstić information content (AvgIpc) is 3.18. The highest BCUT2D eigenvalue weighted by Gasteiger charge is 2.22. The minimum atomic E-state index is 0.424. The molecule has 0 N–H and O–H groups in total. The molecule has 4 aromatic rings. The molecule has 0 saturated heterocycles. The number of hydrogen-bond acceptors (Lipinski definition) is 2. The van der Waals surface area contributed by atoms with Crippen molar-refractivity contribution in [2.24, 2.45) is 0 Å². The molecule has 1 aromatic carbocycles. The predicted molar refractivity (Wildman–Crippen MR) is 118 cm³/mol. The number of aryl methyl sites for hydroxylation is 2. The molecule has 28 heavy (non-hydrogen) atoms. The van der Waals surface area contributed by atoms with Crippen molar-refractivity contribution in [1.82, 2.24) is 19.3 Å². The number of nitrogens with zero attached hydrogens (tertiary/aromatic N) is 4. The highest BCUT2D eigenvalue weighted by molar-refractivity contribution is 6.40. The smallest absolute Gasteiger partial charge is 0.165 e. The SMILES string of the molecule is CCC(CC)n1ccc2c(C)nc3c(c(C)nn3-c3c(Cl)cc(Cl)cc3Cl)c21. The van der Waals surface area contributed by atoms with E-state index < -0.39 is 0 Å². The molecule has 4 nitrogen and oxygen atoms in total. The lowest BCUT2D eigenvalue weighted by Gasteiger charge is -2.17. The van der Waals surface area contributed by atoms with Gasteiger partial charge in [0.25, 0.3) is 0 Å². The third-order valence-electron chi connectivity index (χ3n) is 5.38. The van der Waals surface area contributed by atoms with Crippen molar-refractivity contribution < 1.29 is 0 Å². The van der Waals surface area contributed by atoms with E-state index >= 15 is 0 Å². The number of fused-ring (bicyclic) bond motifs is 3. The van der Waals surface area contributed by atoms with Crippen molar-refractivity contribution in [2.75, 3.05) is 0 Å². The van der Waals surface area contributed by atoms with Crippen LogP contribution in [0.2, 0.25) is 15.1 Å². The standard InChI is InChI=1S/C21H21Cl3N4/c1-5-14(6-2)27-8-7-15-11(3)25-21-18(19(15)27)12(4)26-28(21)20-16(23)9-13(22)10-17(20)24/h7-10,14H,5-6H2,1-4H3. The molecule has 0 radical (unpaired) electrons. The predicted octanol–water partition coefficient (Wildman–Crippen LogP) is 7.31. The van der Waals surface area contributed by atoms with Crippen LogP contribution < -0.4 is 0 Å². The maximum atomic E-state index is 6.48. The summed E-state index contributed by atoms with van der Waals surface area (Å²) in [6.45, 7) is 8.46. The molecule has 0 atom stereocenters. The number of aromatic nitrogens is 4. The van der Waals surface area contributed by atoms with Gasteiger partial charge in [-0.1, -0.05) is 48.7 Å². The Balaban J connectivity index is 2.12. The van der Waals surface area contributed by atoms with Gasteiger partial charge in [0.1, 0.15) is 5.69 Å². The lowest BCUT2D eigenvalue weighted by atomic mass is 10.1. The number of pyridine rings is 1. The van der Waals surface area contributed by atoms with Crippen LogP contribution in [-0.2, 0) is 0 Å². The number of hydrogen-bond donors (Lipinski definition) is 0. The van der Waals surface area contributed by atoms with Gasteiger partial charge in [-0.05, 0) is 44.9 Å². The van der Waals surface area contributed by atoms with Crippen molar-refractivity contribution in [3.63, 3.8) is 0 Å². The third-order valence-corrected chi connectivity index (χ3v) is 6.18. The van der Waals surface area contributed by atoms with Crippen LogP contribution in [0.4, 0.5) is 0 Å². The fourth-order valence-corrected chi connectivity index (χ4v) is 4.97. The molecule has 0 spiro atoms. The molecule has 7 heteroatoms. The first-order valence-corrected chi connectivity index (χ1v) is 10.5. The van der Waals surface area contributed by atoms with Crippen LogP contribution in [0, 0.1) is 13.8 Å². The van der Waals surface area contributed by atoms with Crippen LogP contribution in [0.25, 0.3) is 27.6 Å². The van der Waals surface area contributed by atoms with Gasteiger partial charge in [0.2, 0.25) is 0 Å². The van der Waals surface area contributed by atoms with E-state index in [0.29, 0.717) is 26.8 Å². The largest absolute Gasteiger partial charge is 0.344 e. The Labute approximate surface area is 179 Å². The van der Waals surface area contributed by atoms with Gasteiger partial charge in [0.15, 0.2) is 5.65 Å². The number of benzene rings is 1. The Hall–Kier alpha value is -1.75. The Bertz CT molecular complexity index is 1180. The van der Waals surface area contributed by atoms with E-state index in [2.05, 4.69) is 30.7 Å². The topological polar surface area (TPSA) is 35.6 Å². The van der Waals surface area contributed by atoms with Crippen molar-refractivity contribution in [1.29, 1.82) is 0 Å². The molecule has 0 saturated carbocycles. The Morgan fingerprint density at radius 2 is 1.64 bits per heavy atom. The second kappa shape index (κ2) is 7.25. The molecule has 4 rings (SSSR count). The minimum Gasteiger partial charge on any atom is -0.344 e. The minimum absolute atomic E-state index is 0.424. The lowest BCUT2D eigenvalue weighted by Crippen LogP contribution is -2.06. The van der Waals surface area contributed by atoms with Crippen LogP contribution in [-0.4, -0.2) is 19.3 Å². The summed E-state index contributed by atoms with van der Waals surface area (Å²) in [4.78, 5) is 4.87. The van der Waals surface area contributed by atoms with Gasteiger partial charge in [-0.15, -0.1) is 0 Å². The molecule has 3 heterocycles. The normalized spacial score (nSPS) is 12.0. The van der Waals surface area contributed by atoms with Gasteiger partial charge in [-0.25, -0.2) is 9.67 Å². The van der Waals surface area contributed by atoms with Gasteiger partial charge in [-0.2, -0.15) is 5.10 Å². The van der Waals surface area contributed by atoms with Crippen molar-refractivity contribution in [3.8, 4) is 5.69 Å². The summed E-state index contributed by atoms with van der Waals surface area (Å²) in [6, 6.07) is 5.92. The highest BCUT2D eigenvalue weighted by atomic mass is 35.5. The first-order valence-electron chi connectivity index (χ1n) is 9.38. The van der Waals surface area contributed by atoms with Gasteiger partial charge >= 0.3 is 0 Å². The summed E-state index contributed by atoms with van der Waals surface area (Å²) in [5.41, 5.74) is 4.36. The van der Waals surface area contributed by atoms with E-state index in [4.69, 9.17) is 44.9 Å². The zero-order chi connectivity index (χ0) is 20.2. The molecule has 0 unspecified atom stereocenters. The van der Waals surface area contributed by atoms with Gasteiger partial charge in [-0.3, -0.25) is 0 Å².